The monoisotopic (exact) mass is 288 g/mol. The molecule has 0 unspecified atom stereocenters. The van der Waals surface area contributed by atoms with Crippen LogP contribution in [0, 0.1) is 6.92 Å². The van der Waals surface area contributed by atoms with Gasteiger partial charge >= 0.3 is 5.97 Å². The molecule has 1 N–H and O–H groups in total. The van der Waals surface area contributed by atoms with E-state index in [1.165, 1.54) is 4.88 Å². The highest BCUT2D eigenvalue weighted by Gasteiger charge is 2.21. The van der Waals surface area contributed by atoms with E-state index in [1.54, 1.807) is 17.4 Å². The summed E-state index contributed by atoms with van der Waals surface area (Å²) in [7, 11) is 0. The number of benzene rings is 1. The largest absolute Gasteiger partial charge is 0.478 e. The second kappa shape index (κ2) is 5.34. The number of hydrogen-bond donors (Lipinski definition) is 1. The van der Waals surface area contributed by atoms with E-state index < -0.39 is 5.97 Å². The van der Waals surface area contributed by atoms with Crippen LogP contribution in [0.3, 0.4) is 0 Å². The van der Waals surface area contributed by atoms with Gasteiger partial charge in [0, 0.05) is 24.2 Å². The van der Waals surface area contributed by atoms with E-state index in [1.807, 2.05) is 18.3 Å². The first-order valence-corrected chi connectivity index (χ1v) is 7.43. The molecule has 0 spiro atoms. The van der Waals surface area contributed by atoms with Gasteiger partial charge in [-0.15, -0.1) is 11.3 Å². The van der Waals surface area contributed by atoms with Crippen molar-refractivity contribution < 1.29 is 9.90 Å². The third-order valence-corrected chi connectivity index (χ3v) is 4.50. The Morgan fingerprint density at radius 2 is 2.35 bits per heavy atom. The van der Waals surface area contributed by atoms with Gasteiger partial charge in [-0.1, -0.05) is 12.1 Å². The number of carboxylic acids is 1. The van der Waals surface area contributed by atoms with Crippen LogP contribution in [0.5, 0.6) is 0 Å². The summed E-state index contributed by atoms with van der Waals surface area (Å²) in [5, 5.41) is 10.3. The number of fused-ring (bicyclic) bond motifs is 1. The van der Waals surface area contributed by atoms with E-state index >= 15 is 0 Å². The Kier molecular flexibility index (Phi) is 3.54. The predicted molar refractivity (Wildman–Crippen MR) is 78.1 cm³/mol. The van der Waals surface area contributed by atoms with E-state index in [4.69, 9.17) is 0 Å². The Labute approximate surface area is 121 Å². The van der Waals surface area contributed by atoms with Crippen LogP contribution in [-0.4, -0.2) is 27.5 Å². The van der Waals surface area contributed by atoms with Crippen molar-refractivity contribution >= 4 is 17.3 Å². The molecule has 0 saturated carbocycles. The molecule has 1 aromatic carbocycles. The lowest BCUT2D eigenvalue weighted by molar-refractivity contribution is 0.0694. The van der Waals surface area contributed by atoms with Crippen molar-refractivity contribution in [1.82, 2.24) is 9.88 Å². The van der Waals surface area contributed by atoms with Crippen LogP contribution in [0.25, 0.3) is 0 Å². The summed E-state index contributed by atoms with van der Waals surface area (Å²) in [5.41, 5.74) is 2.57. The van der Waals surface area contributed by atoms with Gasteiger partial charge in [0.1, 0.15) is 5.01 Å². The SMILES string of the molecule is Cc1cnc(CN2CCc3c(cccc3C(=O)O)C2)s1. The highest BCUT2D eigenvalue weighted by Crippen LogP contribution is 2.24. The van der Waals surface area contributed by atoms with Gasteiger partial charge in [0.05, 0.1) is 12.1 Å². The average Bonchev–Trinajstić information content (AvgIpc) is 2.83. The van der Waals surface area contributed by atoms with E-state index in [9.17, 15) is 9.90 Å². The minimum atomic E-state index is -0.828. The maximum Gasteiger partial charge on any atom is 0.335 e. The summed E-state index contributed by atoms with van der Waals surface area (Å²) in [5.74, 6) is -0.828. The van der Waals surface area contributed by atoms with Gasteiger partial charge < -0.3 is 5.11 Å². The third-order valence-electron chi connectivity index (χ3n) is 3.60. The number of carboxylic acid groups (broad SMARTS) is 1. The van der Waals surface area contributed by atoms with Crippen LogP contribution < -0.4 is 0 Å². The quantitative estimate of drug-likeness (QED) is 0.943. The highest BCUT2D eigenvalue weighted by atomic mass is 32.1. The first-order valence-electron chi connectivity index (χ1n) is 6.61. The minimum Gasteiger partial charge on any atom is -0.478 e. The van der Waals surface area contributed by atoms with Crippen molar-refractivity contribution in [1.29, 1.82) is 0 Å². The Balaban J connectivity index is 1.79. The van der Waals surface area contributed by atoms with Crippen molar-refractivity contribution in [2.24, 2.45) is 0 Å². The lowest BCUT2D eigenvalue weighted by Crippen LogP contribution is -2.31. The van der Waals surface area contributed by atoms with Gasteiger partial charge in [0.15, 0.2) is 0 Å². The average molecular weight is 288 g/mol. The smallest absolute Gasteiger partial charge is 0.335 e. The summed E-state index contributed by atoms with van der Waals surface area (Å²) in [6, 6.07) is 5.56. The molecular weight excluding hydrogens is 272 g/mol. The van der Waals surface area contributed by atoms with Crippen molar-refractivity contribution in [2.45, 2.75) is 26.4 Å². The van der Waals surface area contributed by atoms with Crippen LogP contribution in [0.15, 0.2) is 24.4 Å². The Bertz CT molecular complexity index is 651. The zero-order chi connectivity index (χ0) is 14.1. The number of carbonyl (C=O) groups is 1. The molecule has 0 radical (unpaired) electrons. The highest BCUT2D eigenvalue weighted by molar-refractivity contribution is 7.11. The van der Waals surface area contributed by atoms with Gasteiger partial charge in [-0.2, -0.15) is 0 Å². The zero-order valence-electron chi connectivity index (χ0n) is 11.3. The molecule has 0 aliphatic carbocycles. The fraction of sp³-hybridized carbons (Fsp3) is 0.333. The topological polar surface area (TPSA) is 53.4 Å². The predicted octanol–water partition coefficient (Wildman–Crippen LogP) is 2.71. The summed E-state index contributed by atoms with van der Waals surface area (Å²) in [6.45, 7) is 4.59. The number of rotatable bonds is 3. The number of nitrogens with zero attached hydrogens (tertiary/aromatic N) is 2. The number of aryl methyl sites for hydroxylation is 1. The molecule has 1 aromatic heterocycles. The second-order valence-electron chi connectivity index (χ2n) is 5.07. The lowest BCUT2D eigenvalue weighted by Gasteiger charge is -2.28. The van der Waals surface area contributed by atoms with E-state index in [2.05, 4.69) is 16.8 Å². The van der Waals surface area contributed by atoms with Gasteiger partial charge in [-0.05, 0) is 30.5 Å². The molecule has 4 nitrogen and oxygen atoms in total. The normalized spacial score (nSPS) is 15.1. The molecule has 0 atom stereocenters. The van der Waals surface area contributed by atoms with Crippen LogP contribution >= 0.6 is 11.3 Å². The first-order chi connectivity index (χ1) is 9.63. The molecule has 104 valence electrons. The molecule has 3 rings (SSSR count). The summed E-state index contributed by atoms with van der Waals surface area (Å²) >= 11 is 1.72. The minimum absolute atomic E-state index is 0.451. The fourth-order valence-electron chi connectivity index (χ4n) is 2.67. The second-order valence-corrected chi connectivity index (χ2v) is 6.39. The standard InChI is InChI=1S/C15H16N2O2S/c1-10-7-16-14(20-10)9-17-6-5-12-11(8-17)3-2-4-13(12)15(18)19/h2-4,7H,5-6,8-9H2,1H3,(H,18,19). The maximum atomic E-state index is 11.2. The fourth-order valence-corrected chi connectivity index (χ4v) is 3.50. The number of aromatic nitrogens is 1. The zero-order valence-corrected chi connectivity index (χ0v) is 12.1. The van der Waals surface area contributed by atoms with Gasteiger partial charge in [-0.3, -0.25) is 4.90 Å². The Morgan fingerprint density at radius 1 is 1.50 bits per heavy atom. The lowest BCUT2D eigenvalue weighted by atomic mass is 9.94. The van der Waals surface area contributed by atoms with Crippen molar-refractivity contribution in [2.75, 3.05) is 6.54 Å². The summed E-state index contributed by atoms with van der Waals surface area (Å²) < 4.78 is 0. The van der Waals surface area contributed by atoms with Crippen LogP contribution in [0.4, 0.5) is 0 Å². The third kappa shape index (κ3) is 2.59. The Hall–Kier alpha value is -1.72. The molecule has 0 amide bonds. The van der Waals surface area contributed by atoms with Gasteiger partial charge in [0.25, 0.3) is 0 Å². The molecular formula is C15H16N2O2S. The number of hydrogen-bond acceptors (Lipinski definition) is 4. The molecule has 0 fully saturated rings. The number of thiazole rings is 1. The van der Waals surface area contributed by atoms with E-state index in [-0.39, 0.29) is 0 Å². The summed E-state index contributed by atoms with van der Waals surface area (Å²) in [4.78, 5) is 19.2. The van der Waals surface area contributed by atoms with Crippen LogP contribution in [-0.2, 0) is 19.5 Å². The molecule has 0 bridgehead atoms. The molecule has 1 aliphatic rings. The molecule has 1 aliphatic heterocycles. The maximum absolute atomic E-state index is 11.2. The van der Waals surface area contributed by atoms with Crippen molar-refractivity contribution in [3.63, 3.8) is 0 Å². The molecule has 5 heteroatoms. The molecule has 20 heavy (non-hydrogen) atoms. The Morgan fingerprint density at radius 3 is 3.05 bits per heavy atom. The first kappa shape index (κ1) is 13.3. The molecule has 2 aromatic rings. The molecule has 0 saturated heterocycles. The van der Waals surface area contributed by atoms with E-state index in [0.717, 1.165) is 42.2 Å². The van der Waals surface area contributed by atoms with Gasteiger partial charge in [0.2, 0.25) is 0 Å². The van der Waals surface area contributed by atoms with Crippen LogP contribution in [0.2, 0.25) is 0 Å². The van der Waals surface area contributed by atoms with Crippen molar-refractivity contribution in [3.05, 3.63) is 51.0 Å². The number of aromatic carboxylic acids is 1. The summed E-state index contributed by atoms with van der Waals surface area (Å²) in [6.07, 6.45) is 2.70. The van der Waals surface area contributed by atoms with Crippen molar-refractivity contribution in [3.8, 4) is 0 Å². The van der Waals surface area contributed by atoms with Crippen LogP contribution in [0.1, 0.15) is 31.4 Å². The van der Waals surface area contributed by atoms with E-state index in [0.29, 0.717) is 5.56 Å². The molecule has 2 heterocycles. The van der Waals surface area contributed by atoms with Gasteiger partial charge in [-0.25, -0.2) is 9.78 Å².